The van der Waals surface area contributed by atoms with E-state index < -0.39 is 0 Å². The molecular weight excluding hydrogens is 328 g/mol. The Hall–Kier alpha value is -2.21. The molecule has 1 N–H and O–H groups in total. The van der Waals surface area contributed by atoms with Gasteiger partial charge in [-0.15, -0.1) is 10.2 Å². The van der Waals surface area contributed by atoms with Crippen molar-refractivity contribution in [2.24, 2.45) is 0 Å². The molecule has 1 amide bonds. The number of carbonyl (C=O) groups excluding carboxylic acids is 1. The molecule has 1 saturated heterocycles. The number of aryl methyl sites for hydroxylation is 2. The van der Waals surface area contributed by atoms with Crippen LogP contribution in [0.4, 0.5) is 0 Å². The summed E-state index contributed by atoms with van der Waals surface area (Å²) in [4.78, 5) is 14.4. The number of nitrogens with one attached hydrogen (secondary N) is 1. The topological polar surface area (TPSA) is 71.3 Å². The Bertz CT molecular complexity index is 707. The van der Waals surface area contributed by atoms with Crippen LogP contribution >= 0.6 is 0 Å². The van der Waals surface area contributed by atoms with Gasteiger partial charge in [-0.3, -0.25) is 4.79 Å². The summed E-state index contributed by atoms with van der Waals surface area (Å²) in [6, 6.07) is 8.25. The molecule has 0 unspecified atom stereocenters. The normalized spacial score (nSPS) is 15.1. The molecule has 2 heterocycles. The van der Waals surface area contributed by atoms with Crippen molar-refractivity contribution in [1.29, 1.82) is 0 Å². The zero-order valence-electron chi connectivity index (χ0n) is 15.5. The van der Waals surface area contributed by atoms with Crippen LogP contribution in [0.15, 0.2) is 28.7 Å². The molecule has 140 valence electrons. The molecule has 2 aromatic rings. The largest absolute Gasteiger partial charge is 0.425 e. The van der Waals surface area contributed by atoms with E-state index in [1.165, 1.54) is 24.8 Å². The number of piperidine rings is 1. The zero-order chi connectivity index (χ0) is 18.2. The van der Waals surface area contributed by atoms with Crippen LogP contribution in [-0.2, 0) is 17.6 Å². The minimum Gasteiger partial charge on any atom is -0.425 e. The van der Waals surface area contributed by atoms with Crippen LogP contribution in [0.2, 0.25) is 0 Å². The predicted molar refractivity (Wildman–Crippen MR) is 99.9 cm³/mol. The van der Waals surface area contributed by atoms with Crippen molar-refractivity contribution in [1.82, 2.24) is 20.4 Å². The molecule has 6 nitrogen and oxygen atoms in total. The molecular formula is C20H28N4O2. The number of hydrogen-bond acceptors (Lipinski definition) is 5. The van der Waals surface area contributed by atoms with Crippen molar-refractivity contribution in [3.8, 4) is 0 Å². The number of benzene rings is 1. The van der Waals surface area contributed by atoms with Crippen LogP contribution in [-0.4, -0.2) is 47.2 Å². The van der Waals surface area contributed by atoms with Crippen molar-refractivity contribution in [2.45, 2.75) is 45.4 Å². The predicted octanol–water partition coefficient (Wildman–Crippen LogP) is 2.50. The molecule has 1 aromatic carbocycles. The van der Waals surface area contributed by atoms with E-state index >= 15 is 0 Å². The maximum absolute atomic E-state index is 12.0. The number of aromatic nitrogens is 2. The van der Waals surface area contributed by atoms with Crippen molar-refractivity contribution < 1.29 is 9.21 Å². The first kappa shape index (κ1) is 18.6. The Morgan fingerprint density at radius 2 is 2.00 bits per heavy atom. The maximum atomic E-state index is 12.0. The van der Waals surface area contributed by atoms with E-state index in [-0.39, 0.29) is 5.91 Å². The maximum Gasteiger partial charge on any atom is 0.220 e. The summed E-state index contributed by atoms with van der Waals surface area (Å²) < 4.78 is 5.67. The third kappa shape index (κ3) is 5.95. The van der Waals surface area contributed by atoms with E-state index in [9.17, 15) is 4.79 Å². The number of nitrogens with zero attached hydrogens (tertiary/aromatic N) is 3. The van der Waals surface area contributed by atoms with Gasteiger partial charge < -0.3 is 14.6 Å². The number of rotatable bonds is 8. The van der Waals surface area contributed by atoms with Gasteiger partial charge in [-0.1, -0.05) is 36.2 Å². The van der Waals surface area contributed by atoms with Gasteiger partial charge in [0.15, 0.2) is 0 Å². The fourth-order valence-corrected chi connectivity index (χ4v) is 3.30. The number of carbonyl (C=O) groups is 1. The first-order valence-electron chi connectivity index (χ1n) is 9.55. The van der Waals surface area contributed by atoms with E-state index in [1.807, 2.05) is 12.1 Å². The van der Waals surface area contributed by atoms with E-state index in [0.29, 0.717) is 37.6 Å². The molecule has 0 spiro atoms. The average molecular weight is 356 g/mol. The Kier molecular flexibility index (Phi) is 6.77. The SMILES string of the molecule is Cc1cccc(Cc2nnc(CCC(=O)NCCN3CCCCC3)o2)c1. The summed E-state index contributed by atoms with van der Waals surface area (Å²) >= 11 is 0. The first-order valence-corrected chi connectivity index (χ1v) is 9.55. The molecule has 1 aliphatic rings. The molecule has 1 aromatic heterocycles. The lowest BCUT2D eigenvalue weighted by molar-refractivity contribution is -0.121. The highest BCUT2D eigenvalue weighted by molar-refractivity contribution is 5.75. The van der Waals surface area contributed by atoms with Crippen molar-refractivity contribution in [2.75, 3.05) is 26.2 Å². The molecule has 0 bridgehead atoms. The number of hydrogen-bond donors (Lipinski definition) is 1. The van der Waals surface area contributed by atoms with Gasteiger partial charge in [0.2, 0.25) is 17.7 Å². The molecule has 26 heavy (non-hydrogen) atoms. The molecule has 3 rings (SSSR count). The molecule has 1 fully saturated rings. The summed E-state index contributed by atoms with van der Waals surface area (Å²) in [5.41, 5.74) is 2.36. The van der Waals surface area contributed by atoms with Gasteiger partial charge in [0.25, 0.3) is 0 Å². The monoisotopic (exact) mass is 356 g/mol. The highest BCUT2D eigenvalue weighted by atomic mass is 16.4. The van der Waals surface area contributed by atoms with E-state index in [0.717, 1.165) is 25.2 Å². The zero-order valence-corrected chi connectivity index (χ0v) is 15.5. The van der Waals surface area contributed by atoms with E-state index in [4.69, 9.17) is 4.42 Å². The third-order valence-corrected chi connectivity index (χ3v) is 4.71. The summed E-state index contributed by atoms with van der Waals surface area (Å²) in [6.07, 6.45) is 5.37. The summed E-state index contributed by atoms with van der Waals surface area (Å²) in [5, 5.41) is 11.1. The smallest absolute Gasteiger partial charge is 0.220 e. The van der Waals surface area contributed by atoms with Gasteiger partial charge in [0.1, 0.15) is 0 Å². The quantitative estimate of drug-likeness (QED) is 0.787. The van der Waals surface area contributed by atoms with Crippen LogP contribution in [0.25, 0.3) is 0 Å². The van der Waals surface area contributed by atoms with Gasteiger partial charge in [0, 0.05) is 25.9 Å². The third-order valence-electron chi connectivity index (χ3n) is 4.71. The van der Waals surface area contributed by atoms with E-state index in [2.05, 4.69) is 39.5 Å². The van der Waals surface area contributed by atoms with Crippen LogP contribution < -0.4 is 5.32 Å². The van der Waals surface area contributed by atoms with E-state index in [1.54, 1.807) is 0 Å². The number of likely N-dealkylation sites (tertiary alicyclic amines) is 1. The van der Waals surface area contributed by atoms with Gasteiger partial charge in [-0.05, 0) is 38.4 Å². The van der Waals surface area contributed by atoms with Crippen LogP contribution in [0.5, 0.6) is 0 Å². The fourth-order valence-electron chi connectivity index (χ4n) is 3.30. The molecule has 6 heteroatoms. The minimum atomic E-state index is 0.0421. The average Bonchev–Trinajstić information content (AvgIpc) is 3.08. The Morgan fingerprint density at radius 1 is 1.19 bits per heavy atom. The highest BCUT2D eigenvalue weighted by Crippen LogP contribution is 2.11. The highest BCUT2D eigenvalue weighted by Gasteiger charge is 2.12. The van der Waals surface area contributed by atoms with Gasteiger partial charge in [-0.2, -0.15) is 0 Å². The van der Waals surface area contributed by atoms with Gasteiger partial charge in [-0.25, -0.2) is 0 Å². The first-order chi connectivity index (χ1) is 12.7. The number of amides is 1. The standard InChI is InChI=1S/C20H28N4O2/c1-16-6-5-7-17(14-16)15-20-23-22-19(26-20)9-8-18(25)21-10-13-24-11-3-2-4-12-24/h5-7,14H,2-4,8-13,15H2,1H3,(H,21,25). The van der Waals surface area contributed by atoms with Gasteiger partial charge in [0.05, 0.1) is 6.42 Å². The molecule has 0 radical (unpaired) electrons. The Labute approximate surface area is 155 Å². The lowest BCUT2D eigenvalue weighted by atomic mass is 10.1. The van der Waals surface area contributed by atoms with Gasteiger partial charge >= 0.3 is 0 Å². The second-order valence-electron chi connectivity index (χ2n) is 7.01. The fraction of sp³-hybridized carbons (Fsp3) is 0.550. The van der Waals surface area contributed by atoms with Crippen LogP contribution in [0, 0.1) is 6.92 Å². The van der Waals surface area contributed by atoms with Crippen LogP contribution in [0.3, 0.4) is 0 Å². The lowest BCUT2D eigenvalue weighted by Gasteiger charge is -2.26. The molecule has 0 saturated carbocycles. The second kappa shape index (κ2) is 9.48. The molecule has 0 atom stereocenters. The van der Waals surface area contributed by atoms with Crippen molar-refractivity contribution in [3.63, 3.8) is 0 Å². The minimum absolute atomic E-state index is 0.0421. The second-order valence-corrected chi connectivity index (χ2v) is 7.01. The Morgan fingerprint density at radius 3 is 2.81 bits per heavy atom. The summed E-state index contributed by atoms with van der Waals surface area (Å²) in [7, 11) is 0. The molecule has 0 aliphatic carbocycles. The summed E-state index contributed by atoms with van der Waals surface area (Å²) in [6.45, 7) is 6.02. The van der Waals surface area contributed by atoms with Crippen molar-refractivity contribution >= 4 is 5.91 Å². The lowest BCUT2D eigenvalue weighted by Crippen LogP contribution is -2.37. The molecule has 1 aliphatic heterocycles. The van der Waals surface area contributed by atoms with Crippen LogP contribution in [0.1, 0.15) is 48.6 Å². The summed E-state index contributed by atoms with van der Waals surface area (Å²) in [5.74, 6) is 1.16. The Balaban J connectivity index is 1.36. The van der Waals surface area contributed by atoms with Crippen molar-refractivity contribution in [3.05, 3.63) is 47.2 Å².